The number of thiophene rings is 1. The lowest BCUT2D eigenvalue weighted by atomic mass is 9.88. The number of halogens is 1. The van der Waals surface area contributed by atoms with Crippen LogP contribution < -0.4 is 10.1 Å². The van der Waals surface area contributed by atoms with E-state index in [0.29, 0.717) is 28.8 Å². The van der Waals surface area contributed by atoms with Gasteiger partial charge in [0.15, 0.2) is 6.61 Å². The van der Waals surface area contributed by atoms with Crippen LogP contribution in [0.4, 0.5) is 5.00 Å². The van der Waals surface area contributed by atoms with E-state index in [1.165, 1.54) is 16.2 Å². The summed E-state index contributed by atoms with van der Waals surface area (Å²) in [6.45, 7) is 4.16. The third-order valence-corrected chi connectivity index (χ3v) is 6.07. The van der Waals surface area contributed by atoms with Crippen LogP contribution in [-0.2, 0) is 22.4 Å². The van der Waals surface area contributed by atoms with Gasteiger partial charge in [-0.3, -0.25) is 4.79 Å². The molecule has 0 fully saturated rings. The monoisotopic (exact) mass is 451 g/mol. The van der Waals surface area contributed by atoms with Crippen LogP contribution in [0.2, 0.25) is 0 Å². The lowest BCUT2D eigenvalue weighted by Gasteiger charge is -2.18. The summed E-state index contributed by atoms with van der Waals surface area (Å²) in [5.74, 6) is 0.513. The first-order chi connectivity index (χ1) is 13.0. The van der Waals surface area contributed by atoms with E-state index in [-0.39, 0.29) is 18.5 Å². The molecule has 1 aromatic carbocycles. The molecule has 1 heterocycles. The molecule has 3 rings (SSSR count). The Bertz CT molecular complexity index is 849. The van der Waals surface area contributed by atoms with Gasteiger partial charge < -0.3 is 14.8 Å². The maximum absolute atomic E-state index is 12.5. The van der Waals surface area contributed by atoms with Crippen LogP contribution in [-0.4, -0.2) is 25.1 Å². The van der Waals surface area contributed by atoms with Crippen molar-refractivity contribution in [2.75, 3.05) is 18.5 Å². The molecule has 1 aromatic heterocycles. The number of carbonyl (C=O) groups is 2. The quantitative estimate of drug-likeness (QED) is 0.638. The normalized spacial score (nSPS) is 15.7. The largest absolute Gasteiger partial charge is 0.484 e. The third-order valence-electron chi connectivity index (χ3n) is 4.41. The zero-order valence-corrected chi connectivity index (χ0v) is 17.7. The van der Waals surface area contributed by atoms with Crippen molar-refractivity contribution in [1.82, 2.24) is 0 Å². The predicted molar refractivity (Wildman–Crippen MR) is 110 cm³/mol. The number of rotatable bonds is 6. The summed E-state index contributed by atoms with van der Waals surface area (Å²) < 4.78 is 11.6. The Kier molecular flexibility index (Phi) is 6.55. The molecular weight excluding hydrogens is 430 g/mol. The molecule has 7 heteroatoms. The number of ether oxygens (including phenoxy) is 2. The average Bonchev–Trinajstić information content (AvgIpc) is 2.97. The Morgan fingerprint density at radius 2 is 2.19 bits per heavy atom. The van der Waals surface area contributed by atoms with E-state index in [0.717, 1.165) is 29.3 Å². The van der Waals surface area contributed by atoms with E-state index in [4.69, 9.17) is 9.47 Å². The van der Waals surface area contributed by atoms with E-state index in [1.54, 1.807) is 19.1 Å². The number of carbonyl (C=O) groups excluding carboxylic acids is 2. The maximum atomic E-state index is 12.5. The summed E-state index contributed by atoms with van der Waals surface area (Å²) in [5.41, 5.74) is 1.54. The highest BCUT2D eigenvalue weighted by Gasteiger charge is 2.29. The highest BCUT2D eigenvalue weighted by Crippen LogP contribution is 2.40. The Morgan fingerprint density at radius 1 is 1.37 bits per heavy atom. The molecule has 27 heavy (non-hydrogen) atoms. The molecule has 0 radical (unpaired) electrons. The Morgan fingerprint density at radius 3 is 2.93 bits per heavy atom. The topological polar surface area (TPSA) is 64.6 Å². The van der Waals surface area contributed by atoms with E-state index < -0.39 is 0 Å². The van der Waals surface area contributed by atoms with Crippen molar-refractivity contribution < 1.29 is 19.1 Å². The summed E-state index contributed by atoms with van der Waals surface area (Å²) in [6.07, 6.45) is 2.80. The summed E-state index contributed by atoms with van der Waals surface area (Å²) in [5, 5.41) is 3.41. The van der Waals surface area contributed by atoms with Gasteiger partial charge in [-0.25, -0.2) is 4.79 Å². The molecule has 1 aliphatic carbocycles. The number of nitrogens with one attached hydrogen (secondary N) is 1. The van der Waals surface area contributed by atoms with Gasteiger partial charge in [0, 0.05) is 9.35 Å². The van der Waals surface area contributed by atoms with Gasteiger partial charge in [0.2, 0.25) is 0 Å². The standard InChI is InChI=1S/C20H22BrNO4S/c1-3-25-20(24)18-15-8-7-12(2)9-16(15)27-19(18)22-17(23)11-26-14-6-4-5-13(21)10-14/h4-6,10,12H,3,7-9,11H2,1-2H3,(H,22,23)/t12-/m1/s1. The molecule has 1 aliphatic rings. The highest BCUT2D eigenvalue weighted by atomic mass is 79.9. The first kappa shape index (κ1) is 19.9. The highest BCUT2D eigenvalue weighted by molar-refractivity contribution is 9.10. The second-order valence-corrected chi connectivity index (χ2v) is 8.59. The average molecular weight is 452 g/mol. The van der Waals surface area contributed by atoms with Crippen molar-refractivity contribution in [2.24, 2.45) is 5.92 Å². The van der Waals surface area contributed by atoms with Gasteiger partial charge in [-0.1, -0.05) is 28.9 Å². The molecule has 2 aromatic rings. The molecule has 144 valence electrons. The van der Waals surface area contributed by atoms with Crippen molar-refractivity contribution in [3.05, 3.63) is 44.7 Å². The zero-order chi connectivity index (χ0) is 19.4. The molecule has 5 nitrogen and oxygen atoms in total. The third kappa shape index (κ3) is 4.90. The molecule has 1 N–H and O–H groups in total. The number of hydrogen-bond acceptors (Lipinski definition) is 5. The van der Waals surface area contributed by atoms with Crippen LogP contribution in [0.3, 0.4) is 0 Å². The Labute approximate surface area is 171 Å². The molecule has 0 spiro atoms. The van der Waals surface area contributed by atoms with Crippen LogP contribution in [0.15, 0.2) is 28.7 Å². The number of esters is 1. The molecule has 0 aliphatic heterocycles. The molecule has 0 saturated heterocycles. The molecule has 0 saturated carbocycles. The first-order valence-corrected chi connectivity index (χ1v) is 10.6. The smallest absolute Gasteiger partial charge is 0.341 e. The van der Waals surface area contributed by atoms with Gasteiger partial charge >= 0.3 is 5.97 Å². The van der Waals surface area contributed by atoms with E-state index >= 15 is 0 Å². The molecule has 1 amide bonds. The number of anilines is 1. The minimum atomic E-state index is -0.368. The number of benzene rings is 1. The minimum absolute atomic E-state index is 0.127. The fourth-order valence-electron chi connectivity index (χ4n) is 3.13. The molecule has 1 atom stereocenters. The second-order valence-electron chi connectivity index (χ2n) is 6.57. The molecule has 0 unspecified atom stereocenters. The number of amides is 1. The van der Waals surface area contributed by atoms with Gasteiger partial charge in [-0.05, 0) is 55.9 Å². The summed E-state index contributed by atoms with van der Waals surface area (Å²) >= 11 is 4.85. The zero-order valence-electron chi connectivity index (χ0n) is 15.3. The molecule has 0 bridgehead atoms. The Balaban J connectivity index is 1.75. The SMILES string of the molecule is CCOC(=O)c1c(NC(=O)COc2cccc(Br)c2)sc2c1CC[C@@H](C)C2. The van der Waals surface area contributed by atoms with E-state index in [2.05, 4.69) is 28.2 Å². The van der Waals surface area contributed by atoms with Crippen molar-refractivity contribution >= 4 is 44.1 Å². The summed E-state index contributed by atoms with van der Waals surface area (Å²) in [6, 6.07) is 7.30. The van der Waals surface area contributed by atoms with Crippen molar-refractivity contribution in [3.63, 3.8) is 0 Å². The first-order valence-electron chi connectivity index (χ1n) is 8.97. The van der Waals surface area contributed by atoms with Crippen molar-refractivity contribution in [2.45, 2.75) is 33.1 Å². The summed E-state index contributed by atoms with van der Waals surface area (Å²) in [4.78, 5) is 26.0. The fraction of sp³-hybridized carbons (Fsp3) is 0.400. The van der Waals surface area contributed by atoms with Crippen molar-refractivity contribution in [3.8, 4) is 5.75 Å². The van der Waals surface area contributed by atoms with Crippen LogP contribution >= 0.6 is 27.3 Å². The van der Waals surface area contributed by atoms with Gasteiger partial charge in [-0.2, -0.15) is 0 Å². The van der Waals surface area contributed by atoms with Crippen LogP contribution in [0, 0.1) is 5.92 Å². The van der Waals surface area contributed by atoms with Crippen molar-refractivity contribution in [1.29, 1.82) is 0 Å². The number of hydrogen-bond donors (Lipinski definition) is 1. The van der Waals surface area contributed by atoms with Gasteiger partial charge in [0.05, 0.1) is 12.2 Å². The summed E-state index contributed by atoms with van der Waals surface area (Å²) in [7, 11) is 0. The molecular formula is C20H22BrNO4S. The number of fused-ring (bicyclic) bond motifs is 1. The lowest BCUT2D eigenvalue weighted by Crippen LogP contribution is -2.21. The van der Waals surface area contributed by atoms with Gasteiger partial charge in [0.25, 0.3) is 5.91 Å². The minimum Gasteiger partial charge on any atom is -0.484 e. The lowest BCUT2D eigenvalue weighted by molar-refractivity contribution is -0.118. The Hall–Kier alpha value is -1.86. The van der Waals surface area contributed by atoms with Crippen LogP contribution in [0.25, 0.3) is 0 Å². The maximum Gasteiger partial charge on any atom is 0.341 e. The van der Waals surface area contributed by atoms with Gasteiger partial charge in [0.1, 0.15) is 10.8 Å². The predicted octanol–water partition coefficient (Wildman–Crippen LogP) is 4.83. The van der Waals surface area contributed by atoms with Crippen LogP contribution in [0.5, 0.6) is 5.75 Å². The van der Waals surface area contributed by atoms with E-state index in [1.807, 2.05) is 12.1 Å². The van der Waals surface area contributed by atoms with E-state index in [9.17, 15) is 9.59 Å². The van der Waals surface area contributed by atoms with Gasteiger partial charge in [-0.15, -0.1) is 11.3 Å². The second kappa shape index (κ2) is 8.89. The fourth-order valence-corrected chi connectivity index (χ4v) is 4.92. The van der Waals surface area contributed by atoms with Crippen LogP contribution in [0.1, 0.15) is 41.1 Å².